The molecule has 0 radical (unpaired) electrons. The number of para-hydroxylation sites is 2. The fourth-order valence-electron chi connectivity index (χ4n) is 5.01. The second-order valence-electron chi connectivity index (χ2n) is 9.25. The molecular weight excluding hydrogens is 454 g/mol. The van der Waals surface area contributed by atoms with E-state index >= 15 is 0 Å². The molecule has 3 aromatic carbocycles. The summed E-state index contributed by atoms with van der Waals surface area (Å²) in [7, 11) is -3.80. The van der Waals surface area contributed by atoms with Crippen molar-refractivity contribution >= 4 is 26.6 Å². The Morgan fingerprint density at radius 3 is 2.43 bits per heavy atom. The van der Waals surface area contributed by atoms with Crippen LogP contribution in [0.5, 0.6) is 0 Å². The van der Waals surface area contributed by atoms with Crippen LogP contribution in [0.4, 0.5) is 5.69 Å². The Morgan fingerprint density at radius 1 is 0.886 bits per heavy atom. The van der Waals surface area contributed by atoms with Crippen molar-refractivity contribution < 1.29 is 8.42 Å². The van der Waals surface area contributed by atoms with Gasteiger partial charge in [0.2, 0.25) is 0 Å². The second-order valence-corrected chi connectivity index (χ2v) is 11.1. The molecule has 180 valence electrons. The van der Waals surface area contributed by atoms with E-state index in [9.17, 15) is 8.42 Å². The van der Waals surface area contributed by atoms with Gasteiger partial charge in [-0.1, -0.05) is 66.7 Å². The number of benzene rings is 3. The Labute approximate surface area is 208 Å². The largest absolute Gasteiger partial charge is 0.303 e. The maximum atomic E-state index is 14.1. The molecule has 5 rings (SSSR count). The van der Waals surface area contributed by atoms with Crippen LogP contribution in [0.2, 0.25) is 0 Å². The molecule has 4 aromatic rings. The van der Waals surface area contributed by atoms with Crippen LogP contribution in [0, 0.1) is 5.92 Å². The molecule has 0 amide bonds. The van der Waals surface area contributed by atoms with Crippen molar-refractivity contribution in [1.29, 1.82) is 0 Å². The third-order valence-corrected chi connectivity index (χ3v) is 8.62. The van der Waals surface area contributed by atoms with Crippen LogP contribution in [0.15, 0.2) is 102 Å². The highest BCUT2D eigenvalue weighted by atomic mass is 32.2. The standard InChI is InChI=1S/C29H31N3O2S/c33-35(34,28-17-7-13-26-14-8-19-30-29(26)28)32(27-15-5-2-6-16-27)23-25-12-9-20-31(22-25)21-18-24-10-3-1-4-11-24/h1-8,10-11,13-17,19,25H,9,12,18,20-23H2. The molecule has 0 N–H and O–H groups in total. The van der Waals surface area contributed by atoms with Gasteiger partial charge in [0.15, 0.2) is 0 Å². The number of anilines is 1. The molecule has 2 heterocycles. The minimum absolute atomic E-state index is 0.260. The fourth-order valence-corrected chi connectivity index (χ4v) is 6.72. The van der Waals surface area contributed by atoms with Gasteiger partial charge in [0.1, 0.15) is 4.90 Å². The summed E-state index contributed by atoms with van der Waals surface area (Å²) in [6.45, 7) is 3.41. The van der Waals surface area contributed by atoms with Crippen molar-refractivity contribution in [3.05, 3.63) is 103 Å². The van der Waals surface area contributed by atoms with E-state index in [0.29, 0.717) is 17.7 Å². The predicted molar refractivity (Wildman–Crippen MR) is 142 cm³/mol. The Hall–Kier alpha value is -3.22. The highest BCUT2D eigenvalue weighted by Gasteiger charge is 2.31. The minimum atomic E-state index is -3.80. The highest BCUT2D eigenvalue weighted by molar-refractivity contribution is 7.93. The maximum absolute atomic E-state index is 14.1. The number of rotatable bonds is 8. The van der Waals surface area contributed by atoms with Gasteiger partial charge in [0.25, 0.3) is 10.0 Å². The van der Waals surface area contributed by atoms with Crippen LogP contribution in [-0.4, -0.2) is 44.5 Å². The van der Waals surface area contributed by atoms with Gasteiger partial charge in [-0.05, 0) is 61.6 Å². The quantitative estimate of drug-likeness (QED) is 0.336. The van der Waals surface area contributed by atoms with E-state index in [0.717, 1.165) is 44.3 Å². The first-order valence-electron chi connectivity index (χ1n) is 12.3. The Morgan fingerprint density at radius 2 is 1.63 bits per heavy atom. The maximum Gasteiger partial charge on any atom is 0.266 e. The Balaban J connectivity index is 1.40. The molecule has 5 nitrogen and oxygen atoms in total. The number of pyridine rings is 1. The minimum Gasteiger partial charge on any atom is -0.303 e. The zero-order chi connectivity index (χ0) is 24.1. The normalized spacial score (nSPS) is 16.9. The zero-order valence-corrected chi connectivity index (χ0v) is 20.6. The number of fused-ring (bicyclic) bond motifs is 1. The van der Waals surface area contributed by atoms with Gasteiger partial charge in [-0.3, -0.25) is 9.29 Å². The van der Waals surface area contributed by atoms with Crippen LogP contribution in [-0.2, 0) is 16.4 Å². The lowest BCUT2D eigenvalue weighted by Gasteiger charge is -2.36. The Kier molecular flexibility index (Phi) is 7.11. The first kappa shape index (κ1) is 23.5. The van der Waals surface area contributed by atoms with Gasteiger partial charge >= 0.3 is 0 Å². The van der Waals surface area contributed by atoms with Crippen molar-refractivity contribution in [3.63, 3.8) is 0 Å². The number of likely N-dealkylation sites (tertiary alicyclic amines) is 1. The molecule has 1 aliphatic rings. The van der Waals surface area contributed by atoms with Gasteiger partial charge in [-0.25, -0.2) is 8.42 Å². The summed E-state index contributed by atoms with van der Waals surface area (Å²) < 4.78 is 29.8. The number of aromatic nitrogens is 1. The van der Waals surface area contributed by atoms with Gasteiger partial charge in [-0.2, -0.15) is 0 Å². The molecule has 1 atom stereocenters. The van der Waals surface area contributed by atoms with E-state index in [-0.39, 0.29) is 10.8 Å². The first-order valence-corrected chi connectivity index (χ1v) is 13.7. The summed E-state index contributed by atoms with van der Waals surface area (Å²) in [4.78, 5) is 7.16. The molecule has 0 spiro atoms. The molecule has 0 aliphatic carbocycles. The van der Waals surface area contributed by atoms with Crippen molar-refractivity contribution in [2.75, 3.05) is 30.5 Å². The number of piperidine rings is 1. The lowest BCUT2D eigenvalue weighted by Crippen LogP contribution is -2.43. The molecule has 1 fully saturated rings. The molecule has 1 saturated heterocycles. The van der Waals surface area contributed by atoms with E-state index in [1.165, 1.54) is 5.56 Å². The lowest BCUT2D eigenvalue weighted by atomic mass is 9.97. The molecular formula is C29H31N3O2S. The van der Waals surface area contributed by atoms with Gasteiger partial charge in [0.05, 0.1) is 11.2 Å². The topological polar surface area (TPSA) is 53.5 Å². The van der Waals surface area contributed by atoms with Crippen molar-refractivity contribution in [2.24, 2.45) is 5.92 Å². The van der Waals surface area contributed by atoms with E-state index in [4.69, 9.17) is 0 Å². The van der Waals surface area contributed by atoms with E-state index in [1.807, 2.05) is 54.6 Å². The molecule has 1 aliphatic heterocycles. The number of hydrogen-bond acceptors (Lipinski definition) is 4. The number of sulfonamides is 1. The predicted octanol–water partition coefficient (Wildman–Crippen LogP) is 5.38. The Bertz CT molecular complexity index is 1360. The summed E-state index contributed by atoms with van der Waals surface area (Å²) in [5, 5.41) is 0.825. The second kappa shape index (κ2) is 10.6. The van der Waals surface area contributed by atoms with E-state index in [1.54, 1.807) is 22.6 Å². The smallest absolute Gasteiger partial charge is 0.266 e. The van der Waals surface area contributed by atoms with Crippen LogP contribution < -0.4 is 4.31 Å². The summed E-state index contributed by atoms with van der Waals surface area (Å²) in [5.74, 6) is 0.262. The average Bonchev–Trinajstić information content (AvgIpc) is 2.91. The van der Waals surface area contributed by atoms with Crippen LogP contribution in [0.25, 0.3) is 10.9 Å². The number of hydrogen-bond donors (Lipinski definition) is 0. The van der Waals surface area contributed by atoms with Crippen molar-refractivity contribution in [2.45, 2.75) is 24.2 Å². The summed E-state index contributed by atoms with van der Waals surface area (Å²) in [6.07, 6.45) is 4.77. The third kappa shape index (κ3) is 5.39. The van der Waals surface area contributed by atoms with E-state index < -0.39 is 10.0 Å². The molecule has 35 heavy (non-hydrogen) atoms. The molecule has 6 heteroatoms. The summed E-state index contributed by atoms with van der Waals surface area (Å²) in [5.41, 5.74) is 2.55. The monoisotopic (exact) mass is 485 g/mol. The number of nitrogens with zero attached hydrogens (tertiary/aromatic N) is 3. The molecule has 1 unspecified atom stereocenters. The van der Waals surface area contributed by atoms with Crippen LogP contribution in [0.1, 0.15) is 18.4 Å². The third-order valence-electron chi connectivity index (χ3n) is 6.79. The first-order chi connectivity index (χ1) is 17.1. The fraction of sp³-hybridized carbons (Fsp3) is 0.276. The summed E-state index contributed by atoms with van der Waals surface area (Å²) in [6, 6.07) is 29.1. The highest BCUT2D eigenvalue weighted by Crippen LogP contribution is 2.30. The van der Waals surface area contributed by atoms with Gasteiger partial charge < -0.3 is 4.90 Å². The van der Waals surface area contributed by atoms with Crippen molar-refractivity contribution in [1.82, 2.24) is 9.88 Å². The summed E-state index contributed by atoms with van der Waals surface area (Å²) >= 11 is 0. The molecule has 1 aromatic heterocycles. The van der Waals surface area contributed by atoms with Crippen LogP contribution in [0.3, 0.4) is 0 Å². The van der Waals surface area contributed by atoms with Crippen LogP contribution >= 0.6 is 0 Å². The van der Waals surface area contributed by atoms with Gasteiger partial charge in [-0.15, -0.1) is 0 Å². The zero-order valence-electron chi connectivity index (χ0n) is 19.8. The average molecular weight is 486 g/mol. The van der Waals surface area contributed by atoms with Gasteiger partial charge in [0, 0.05) is 31.2 Å². The molecule has 0 saturated carbocycles. The van der Waals surface area contributed by atoms with Crippen molar-refractivity contribution in [3.8, 4) is 0 Å². The SMILES string of the molecule is O=S(=O)(c1cccc2cccnc12)N(CC1CCCN(CCc2ccccc2)C1)c1ccccc1. The van der Waals surface area contributed by atoms with E-state index in [2.05, 4.69) is 34.1 Å². The lowest BCUT2D eigenvalue weighted by molar-refractivity contribution is 0.180. The molecule has 0 bridgehead atoms.